The molecule has 0 saturated heterocycles. The molecule has 2 heterocycles. The number of imidazole rings is 1. The van der Waals surface area contributed by atoms with Gasteiger partial charge in [0, 0.05) is 19.2 Å². The van der Waals surface area contributed by atoms with Gasteiger partial charge in [-0.1, -0.05) is 36.4 Å². The van der Waals surface area contributed by atoms with Crippen molar-refractivity contribution in [1.82, 2.24) is 14.7 Å². The number of aromatic nitrogens is 2. The second kappa shape index (κ2) is 8.81. The minimum Gasteiger partial charge on any atom is -0.481 e. The largest absolute Gasteiger partial charge is 0.481 e. The van der Waals surface area contributed by atoms with E-state index in [1.807, 2.05) is 59.1 Å². The van der Waals surface area contributed by atoms with E-state index in [-0.39, 0.29) is 11.3 Å². The molecule has 2 N–H and O–H groups in total. The van der Waals surface area contributed by atoms with E-state index in [1.54, 1.807) is 0 Å². The quantitative estimate of drug-likeness (QED) is 0.496. The standard InChI is InChI=1S/C29H33N3O3/c33-27(30-18-29-14-20-9-21(15-29)11-22(10-20)16-29)25-7-4-8-26-31-24(17-32(25)26)13-23(28(34)35)12-19-5-2-1-3-6-19/h1-8,17,20-23H,9-16,18H2,(H,30,33)(H,34,35). The van der Waals surface area contributed by atoms with Crippen LogP contribution in [-0.4, -0.2) is 32.9 Å². The van der Waals surface area contributed by atoms with Crippen molar-refractivity contribution in [1.29, 1.82) is 0 Å². The van der Waals surface area contributed by atoms with Gasteiger partial charge in [0.05, 0.1) is 11.6 Å². The van der Waals surface area contributed by atoms with E-state index in [4.69, 9.17) is 0 Å². The van der Waals surface area contributed by atoms with Crippen LogP contribution in [0.1, 0.15) is 60.3 Å². The molecular formula is C29H33N3O3. The Morgan fingerprint density at radius 1 is 0.971 bits per heavy atom. The average Bonchev–Trinajstić information content (AvgIpc) is 3.24. The summed E-state index contributed by atoms with van der Waals surface area (Å²) < 4.78 is 1.81. The molecule has 1 unspecified atom stereocenters. The Balaban J connectivity index is 1.17. The van der Waals surface area contributed by atoms with Crippen molar-refractivity contribution in [3.05, 3.63) is 71.7 Å². The molecular weight excluding hydrogens is 438 g/mol. The number of hydrogen-bond donors (Lipinski definition) is 2. The number of nitrogens with zero attached hydrogens (tertiary/aromatic N) is 2. The molecule has 2 aromatic heterocycles. The van der Waals surface area contributed by atoms with Crippen LogP contribution in [0.3, 0.4) is 0 Å². The molecule has 0 radical (unpaired) electrons. The minimum atomic E-state index is -0.834. The van der Waals surface area contributed by atoms with Crippen LogP contribution in [0, 0.1) is 29.1 Å². The zero-order valence-corrected chi connectivity index (χ0v) is 20.0. The molecule has 1 amide bonds. The van der Waals surface area contributed by atoms with Crippen molar-refractivity contribution < 1.29 is 14.7 Å². The third kappa shape index (κ3) is 4.46. The molecule has 0 spiro atoms. The van der Waals surface area contributed by atoms with Gasteiger partial charge in [0.25, 0.3) is 5.91 Å². The summed E-state index contributed by atoms with van der Waals surface area (Å²) in [4.78, 5) is 29.9. The molecule has 4 fully saturated rings. The molecule has 6 heteroatoms. The molecule has 7 rings (SSSR count). The predicted octanol–water partition coefficient (Wildman–Crippen LogP) is 4.77. The Morgan fingerprint density at radius 2 is 1.66 bits per heavy atom. The number of aliphatic carboxylic acids is 1. The molecule has 3 aromatic rings. The van der Waals surface area contributed by atoms with Crippen LogP contribution in [0.5, 0.6) is 0 Å². The lowest BCUT2D eigenvalue weighted by Gasteiger charge is -2.56. The minimum absolute atomic E-state index is 0.0747. The van der Waals surface area contributed by atoms with Crippen LogP contribution in [0.25, 0.3) is 5.65 Å². The van der Waals surface area contributed by atoms with Crippen molar-refractivity contribution in [2.24, 2.45) is 29.1 Å². The summed E-state index contributed by atoms with van der Waals surface area (Å²) in [5.41, 5.74) is 3.19. The van der Waals surface area contributed by atoms with Gasteiger partial charge in [0.15, 0.2) is 0 Å². The van der Waals surface area contributed by atoms with Gasteiger partial charge in [-0.3, -0.25) is 14.0 Å². The lowest BCUT2D eigenvalue weighted by molar-refractivity contribution is -0.141. The number of carbonyl (C=O) groups is 2. The highest BCUT2D eigenvalue weighted by atomic mass is 16.4. The van der Waals surface area contributed by atoms with Crippen LogP contribution in [0.2, 0.25) is 0 Å². The highest BCUT2D eigenvalue weighted by Gasteiger charge is 2.50. The maximum atomic E-state index is 13.3. The van der Waals surface area contributed by atoms with Crippen LogP contribution < -0.4 is 5.32 Å². The molecule has 4 aliphatic rings. The first-order chi connectivity index (χ1) is 17.0. The number of benzene rings is 1. The van der Waals surface area contributed by atoms with E-state index in [1.165, 1.54) is 38.5 Å². The summed E-state index contributed by atoms with van der Waals surface area (Å²) in [5, 5.41) is 13.1. The van der Waals surface area contributed by atoms with Crippen LogP contribution in [0.4, 0.5) is 0 Å². The first-order valence-electron chi connectivity index (χ1n) is 13.0. The number of carboxylic acid groups (broad SMARTS) is 1. The third-order valence-corrected chi connectivity index (χ3v) is 8.69. The van der Waals surface area contributed by atoms with Gasteiger partial charge in [-0.05, 0) is 85.8 Å². The third-order valence-electron chi connectivity index (χ3n) is 8.69. The second-order valence-corrected chi connectivity index (χ2v) is 11.4. The summed E-state index contributed by atoms with van der Waals surface area (Å²) in [6.45, 7) is 0.755. The van der Waals surface area contributed by atoms with Crippen molar-refractivity contribution in [2.45, 2.75) is 51.4 Å². The van der Waals surface area contributed by atoms with Gasteiger partial charge in [-0.15, -0.1) is 0 Å². The highest BCUT2D eigenvalue weighted by Crippen LogP contribution is 2.59. The van der Waals surface area contributed by atoms with Crippen LogP contribution >= 0.6 is 0 Å². The number of pyridine rings is 1. The van der Waals surface area contributed by atoms with Crippen LogP contribution in [-0.2, 0) is 17.6 Å². The summed E-state index contributed by atoms with van der Waals surface area (Å²) >= 11 is 0. The van der Waals surface area contributed by atoms with Crippen molar-refractivity contribution >= 4 is 17.5 Å². The van der Waals surface area contributed by atoms with Gasteiger partial charge >= 0.3 is 5.97 Å². The topological polar surface area (TPSA) is 83.7 Å². The Labute approximate surface area is 205 Å². The zero-order valence-electron chi connectivity index (χ0n) is 20.0. The number of fused-ring (bicyclic) bond motifs is 1. The smallest absolute Gasteiger partial charge is 0.307 e. The fraction of sp³-hybridized carbons (Fsp3) is 0.483. The number of rotatable bonds is 8. The van der Waals surface area contributed by atoms with Crippen molar-refractivity contribution in [3.8, 4) is 0 Å². The first kappa shape index (κ1) is 22.3. The normalized spacial score (nSPS) is 27.7. The van der Waals surface area contributed by atoms with E-state index in [0.29, 0.717) is 29.9 Å². The maximum absolute atomic E-state index is 13.3. The maximum Gasteiger partial charge on any atom is 0.307 e. The molecule has 6 nitrogen and oxygen atoms in total. The zero-order chi connectivity index (χ0) is 24.0. The Kier molecular flexibility index (Phi) is 5.62. The van der Waals surface area contributed by atoms with Crippen molar-refractivity contribution in [2.75, 3.05) is 6.54 Å². The number of nitrogens with one attached hydrogen (secondary N) is 1. The number of carboxylic acids is 1. The van der Waals surface area contributed by atoms with Crippen LogP contribution in [0.15, 0.2) is 54.7 Å². The lowest BCUT2D eigenvalue weighted by atomic mass is 9.49. The molecule has 0 aliphatic heterocycles. The molecule has 182 valence electrons. The Morgan fingerprint density at radius 3 is 2.31 bits per heavy atom. The Bertz CT molecular complexity index is 1210. The van der Waals surface area contributed by atoms with Crippen molar-refractivity contribution in [3.63, 3.8) is 0 Å². The van der Waals surface area contributed by atoms with E-state index in [0.717, 1.165) is 29.9 Å². The Hall–Kier alpha value is -3.15. The summed E-state index contributed by atoms with van der Waals surface area (Å²) in [6.07, 6.45) is 10.6. The van der Waals surface area contributed by atoms with Gasteiger partial charge in [0.1, 0.15) is 11.3 Å². The molecule has 1 aromatic carbocycles. The molecule has 4 bridgehead atoms. The van der Waals surface area contributed by atoms with E-state index < -0.39 is 11.9 Å². The van der Waals surface area contributed by atoms with E-state index in [2.05, 4.69) is 10.3 Å². The highest BCUT2D eigenvalue weighted by molar-refractivity contribution is 5.93. The molecule has 4 aliphatic carbocycles. The lowest BCUT2D eigenvalue weighted by Crippen LogP contribution is -2.51. The molecule has 35 heavy (non-hydrogen) atoms. The summed E-state index contributed by atoms with van der Waals surface area (Å²) in [7, 11) is 0. The molecule has 1 atom stereocenters. The van der Waals surface area contributed by atoms with Gasteiger partial charge < -0.3 is 10.4 Å². The number of hydrogen-bond acceptors (Lipinski definition) is 3. The fourth-order valence-corrected chi connectivity index (χ4v) is 7.61. The van der Waals surface area contributed by atoms with E-state index >= 15 is 0 Å². The second-order valence-electron chi connectivity index (χ2n) is 11.4. The summed E-state index contributed by atoms with van der Waals surface area (Å²) in [5.74, 6) is 1.09. The van der Waals surface area contributed by atoms with Gasteiger partial charge in [-0.25, -0.2) is 4.98 Å². The van der Waals surface area contributed by atoms with Gasteiger partial charge in [0.2, 0.25) is 0 Å². The summed E-state index contributed by atoms with van der Waals surface area (Å²) in [6, 6.07) is 15.2. The van der Waals surface area contributed by atoms with E-state index in [9.17, 15) is 14.7 Å². The predicted molar refractivity (Wildman–Crippen MR) is 133 cm³/mol. The first-order valence-corrected chi connectivity index (χ1v) is 13.0. The monoisotopic (exact) mass is 471 g/mol. The average molecular weight is 472 g/mol. The number of carbonyl (C=O) groups excluding carboxylic acids is 1. The fourth-order valence-electron chi connectivity index (χ4n) is 7.61. The number of amides is 1. The van der Waals surface area contributed by atoms with Gasteiger partial charge in [-0.2, -0.15) is 0 Å². The SMILES string of the molecule is O=C(NCC12CC3CC(CC(C3)C1)C2)c1cccc2nc(CC(Cc3ccccc3)C(=O)O)cn12. The molecule has 4 saturated carbocycles.